The Morgan fingerprint density at radius 3 is 2.60 bits per heavy atom. The highest BCUT2D eigenvalue weighted by Crippen LogP contribution is 2.15. The van der Waals surface area contributed by atoms with Gasteiger partial charge in [0.05, 0.1) is 0 Å². The van der Waals surface area contributed by atoms with Gasteiger partial charge in [-0.2, -0.15) is 0 Å². The van der Waals surface area contributed by atoms with Gasteiger partial charge in [0, 0.05) is 18.0 Å². The molecule has 4 heteroatoms. The largest absolute Gasteiger partial charge is 0.491 e. The summed E-state index contributed by atoms with van der Waals surface area (Å²) in [5.74, 6) is 0.795. The topological polar surface area (TPSA) is 41.5 Å². The van der Waals surface area contributed by atoms with Crippen LogP contribution >= 0.6 is 11.3 Å². The van der Waals surface area contributed by atoms with Gasteiger partial charge in [0.1, 0.15) is 18.5 Å². The van der Waals surface area contributed by atoms with Gasteiger partial charge in [-0.1, -0.05) is 17.7 Å². The van der Waals surface area contributed by atoms with Gasteiger partial charge in [0.2, 0.25) is 0 Å². The Morgan fingerprint density at radius 1 is 1.20 bits per heavy atom. The van der Waals surface area contributed by atoms with Crippen LogP contribution in [0.15, 0.2) is 35.7 Å². The van der Waals surface area contributed by atoms with Gasteiger partial charge in [-0.05, 0) is 43.0 Å². The maximum atomic E-state index is 9.88. The molecule has 1 atom stereocenters. The summed E-state index contributed by atoms with van der Waals surface area (Å²) < 4.78 is 5.55. The molecule has 0 saturated heterocycles. The number of benzene rings is 1. The summed E-state index contributed by atoms with van der Waals surface area (Å²) in [6.07, 6.45) is -0.503. The molecule has 0 radical (unpaired) electrons. The van der Waals surface area contributed by atoms with Crippen LogP contribution in [0.3, 0.4) is 0 Å². The summed E-state index contributed by atoms with van der Waals surface area (Å²) in [6.45, 7) is 5.77. The molecule has 1 aromatic heterocycles. The highest BCUT2D eigenvalue weighted by atomic mass is 32.1. The zero-order valence-electron chi connectivity index (χ0n) is 11.9. The summed E-state index contributed by atoms with van der Waals surface area (Å²) in [6, 6.07) is 9.95. The molecule has 0 aliphatic heterocycles. The fraction of sp³-hybridized carbons (Fsp3) is 0.375. The van der Waals surface area contributed by atoms with Crippen molar-refractivity contribution in [2.75, 3.05) is 13.2 Å². The number of hydrogen-bond donors (Lipinski definition) is 2. The molecule has 0 aliphatic rings. The van der Waals surface area contributed by atoms with E-state index in [1.54, 1.807) is 11.3 Å². The number of aryl methyl sites for hydroxylation is 2. The number of rotatable bonds is 7. The van der Waals surface area contributed by atoms with Crippen molar-refractivity contribution in [1.82, 2.24) is 5.32 Å². The molecule has 108 valence electrons. The van der Waals surface area contributed by atoms with Crippen LogP contribution in [-0.4, -0.2) is 24.4 Å². The van der Waals surface area contributed by atoms with E-state index in [4.69, 9.17) is 4.74 Å². The van der Waals surface area contributed by atoms with E-state index < -0.39 is 6.10 Å². The van der Waals surface area contributed by atoms with E-state index >= 15 is 0 Å². The molecule has 0 bridgehead atoms. The van der Waals surface area contributed by atoms with E-state index in [0.717, 1.165) is 12.3 Å². The van der Waals surface area contributed by atoms with Crippen LogP contribution in [0.4, 0.5) is 0 Å². The van der Waals surface area contributed by atoms with Gasteiger partial charge in [0.25, 0.3) is 0 Å². The van der Waals surface area contributed by atoms with Crippen LogP contribution in [0.1, 0.15) is 16.0 Å². The van der Waals surface area contributed by atoms with Crippen molar-refractivity contribution in [2.24, 2.45) is 0 Å². The summed E-state index contributed by atoms with van der Waals surface area (Å²) in [5.41, 5.74) is 2.50. The SMILES string of the molecule is Cc1ccc(OCC(O)CNCc2sccc2C)cc1. The van der Waals surface area contributed by atoms with Gasteiger partial charge in [0.15, 0.2) is 0 Å². The third-order valence-electron chi connectivity index (χ3n) is 3.10. The van der Waals surface area contributed by atoms with Gasteiger partial charge in [-0.25, -0.2) is 0 Å². The molecule has 0 saturated carbocycles. The van der Waals surface area contributed by atoms with Crippen LogP contribution in [0.25, 0.3) is 0 Å². The van der Waals surface area contributed by atoms with Crippen LogP contribution in [0.2, 0.25) is 0 Å². The quantitative estimate of drug-likeness (QED) is 0.824. The van der Waals surface area contributed by atoms with Crippen molar-refractivity contribution in [1.29, 1.82) is 0 Å². The van der Waals surface area contributed by atoms with Crippen molar-refractivity contribution in [3.05, 3.63) is 51.7 Å². The van der Waals surface area contributed by atoms with E-state index in [9.17, 15) is 5.11 Å². The highest BCUT2D eigenvalue weighted by molar-refractivity contribution is 7.10. The molecular weight excluding hydrogens is 270 g/mol. The monoisotopic (exact) mass is 291 g/mol. The van der Waals surface area contributed by atoms with Gasteiger partial charge in [-0.3, -0.25) is 0 Å². The average Bonchev–Trinajstić information content (AvgIpc) is 2.84. The fourth-order valence-electron chi connectivity index (χ4n) is 1.82. The summed E-state index contributed by atoms with van der Waals surface area (Å²) in [4.78, 5) is 1.32. The molecule has 20 heavy (non-hydrogen) atoms. The van der Waals surface area contributed by atoms with Crippen LogP contribution in [0.5, 0.6) is 5.75 Å². The standard InChI is InChI=1S/C16H21NO2S/c1-12-3-5-15(6-4-12)19-11-14(18)9-17-10-16-13(2)7-8-20-16/h3-8,14,17-18H,9-11H2,1-2H3. The van der Waals surface area contributed by atoms with Crippen LogP contribution < -0.4 is 10.1 Å². The van der Waals surface area contributed by atoms with E-state index in [0.29, 0.717) is 13.2 Å². The summed E-state index contributed by atoms with van der Waals surface area (Å²) in [5, 5.41) is 15.2. The molecule has 1 aromatic carbocycles. The highest BCUT2D eigenvalue weighted by Gasteiger charge is 2.06. The first-order valence-electron chi connectivity index (χ1n) is 6.76. The smallest absolute Gasteiger partial charge is 0.119 e. The second-order valence-corrected chi connectivity index (χ2v) is 5.94. The molecule has 0 spiro atoms. The second-order valence-electron chi connectivity index (χ2n) is 4.94. The number of aliphatic hydroxyl groups is 1. The Bertz CT molecular complexity index is 522. The van der Waals surface area contributed by atoms with Crippen LogP contribution in [-0.2, 0) is 6.54 Å². The first kappa shape index (κ1) is 15.0. The lowest BCUT2D eigenvalue weighted by molar-refractivity contribution is 0.106. The lowest BCUT2D eigenvalue weighted by atomic mass is 10.2. The second kappa shape index (κ2) is 7.43. The summed E-state index contributed by atoms with van der Waals surface area (Å²) >= 11 is 1.74. The number of hydrogen-bond acceptors (Lipinski definition) is 4. The van der Waals surface area contributed by atoms with Gasteiger partial charge >= 0.3 is 0 Å². The molecule has 0 amide bonds. The normalized spacial score (nSPS) is 12.3. The van der Waals surface area contributed by atoms with Gasteiger partial charge in [-0.15, -0.1) is 11.3 Å². The molecule has 2 aromatic rings. The Morgan fingerprint density at radius 2 is 1.95 bits per heavy atom. The molecular formula is C16H21NO2S. The molecule has 1 unspecified atom stereocenters. The molecule has 1 heterocycles. The van der Waals surface area contributed by atoms with E-state index in [2.05, 4.69) is 23.7 Å². The molecule has 0 aliphatic carbocycles. The lowest BCUT2D eigenvalue weighted by Crippen LogP contribution is -2.31. The Kier molecular flexibility index (Phi) is 5.59. The first-order valence-corrected chi connectivity index (χ1v) is 7.64. The third kappa shape index (κ3) is 4.63. The van der Waals surface area contributed by atoms with Crippen LogP contribution in [0, 0.1) is 13.8 Å². The minimum Gasteiger partial charge on any atom is -0.491 e. The third-order valence-corrected chi connectivity index (χ3v) is 4.12. The molecule has 3 nitrogen and oxygen atoms in total. The van der Waals surface area contributed by atoms with Crippen molar-refractivity contribution < 1.29 is 9.84 Å². The Hall–Kier alpha value is -1.36. The van der Waals surface area contributed by atoms with Crippen molar-refractivity contribution in [2.45, 2.75) is 26.5 Å². The zero-order chi connectivity index (χ0) is 14.4. The molecule has 0 fully saturated rings. The number of ether oxygens (including phenoxy) is 1. The predicted octanol–water partition coefficient (Wildman–Crippen LogP) is 2.89. The maximum Gasteiger partial charge on any atom is 0.119 e. The number of aliphatic hydroxyl groups excluding tert-OH is 1. The minimum atomic E-state index is -0.503. The van der Waals surface area contributed by atoms with Crippen molar-refractivity contribution in [3.63, 3.8) is 0 Å². The van der Waals surface area contributed by atoms with E-state index in [1.165, 1.54) is 16.0 Å². The lowest BCUT2D eigenvalue weighted by Gasteiger charge is -2.13. The predicted molar refractivity (Wildman–Crippen MR) is 83.4 cm³/mol. The average molecular weight is 291 g/mol. The number of thiophene rings is 1. The first-order chi connectivity index (χ1) is 9.65. The van der Waals surface area contributed by atoms with E-state index in [1.807, 2.05) is 31.2 Å². The summed E-state index contributed by atoms with van der Waals surface area (Å²) in [7, 11) is 0. The molecule has 2 rings (SSSR count). The minimum absolute atomic E-state index is 0.305. The zero-order valence-corrected chi connectivity index (χ0v) is 12.7. The Labute approximate surface area is 124 Å². The Balaban J connectivity index is 1.66. The van der Waals surface area contributed by atoms with E-state index in [-0.39, 0.29) is 0 Å². The number of nitrogens with one attached hydrogen (secondary N) is 1. The van der Waals surface area contributed by atoms with Gasteiger partial charge < -0.3 is 15.2 Å². The van der Waals surface area contributed by atoms with Crippen molar-refractivity contribution >= 4 is 11.3 Å². The fourth-order valence-corrected chi connectivity index (χ4v) is 2.70. The molecule has 2 N–H and O–H groups in total. The maximum absolute atomic E-state index is 9.88. The van der Waals surface area contributed by atoms with Crippen molar-refractivity contribution in [3.8, 4) is 5.75 Å².